The fourth-order valence-corrected chi connectivity index (χ4v) is 6.87. The molecular formula is C27H34F2N4O6S2. The van der Waals surface area contributed by atoms with Gasteiger partial charge in [0, 0.05) is 65.1 Å². The van der Waals surface area contributed by atoms with Crippen molar-refractivity contribution in [3.05, 3.63) is 53.6 Å². The van der Waals surface area contributed by atoms with E-state index in [1.807, 2.05) is 0 Å². The molecule has 10 nitrogen and oxygen atoms in total. The van der Waals surface area contributed by atoms with Crippen molar-refractivity contribution in [2.24, 2.45) is 0 Å². The predicted octanol–water partition coefficient (Wildman–Crippen LogP) is 3.23. The van der Waals surface area contributed by atoms with E-state index in [-0.39, 0.29) is 58.7 Å². The molecule has 0 aliphatic carbocycles. The first-order chi connectivity index (χ1) is 19.7. The molecular weight excluding hydrogens is 578 g/mol. The van der Waals surface area contributed by atoms with Gasteiger partial charge in [-0.25, -0.2) is 22.2 Å². The Morgan fingerprint density at radius 1 is 1.05 bits per heavy atom. The fraction of sp³-hybridized carbons (Fsp3) is 0.481. The van der Waals surface area contributed by atoms with Gasteiger partial charge in [0.25, 0.3) is 5.91 Å². The van der Waals surface area contributed by atoms with Crippen LogP contribution in [0.2, 0.25) is 0 Å². The van der Waals surface area contributed by atoms with Crippen molar-refractivity contribution in [1.29, 1.82) is 0 Å². The molecule has 224 valence electrons. The lowest BCUT2D eigenvalue weighted by atomic mass is 10.2. The number of hydrogen-bond acceptors (Lipinski definition) is 9. The topological polar surface area (TPSA) is 102 Å². The zero-order valence-electron chi connectivity index (χ0n) is 23.1. The van der Waals surface area contributed by atoms with Gasteiger partial charge in [0.15, 0.2) is 10.9 Å². The number of methoxy groups -OCH3 is 2. The number of amides is 1. The van der Waals surface area contributed by atoms with E-state index in [9.17, 15) is 22.0 Å². The summed E-state index contributed by atoms with van der Waals surface area (Å²) >= 11 is 1.02. The lowest BCUT2D eigenvalue weighted by molar-refractivity contribution is 0.0376. The lowest BCUT2D eigenvalue weighted by Gasteiger charge is -2.27. The predicted molar refractivity (Wildman–Crippen MR) is 152 cm³/mol. The highest BCUT2D eigenvalue weighted by atomic mass is 32.2. The van der Waals surface area contributed by atoms with Crippen molar-refractivity contribution in [3.63, 3.8) is 0 Å². The zero-order chi connectivity index (χ0) is 29.4. The smallest absolute Gasteiger partial charge is 0.260 e. The summed E-state index contributed by atoms with van der Waals surface area (Å²) in [5.41, 5.74) is 0.229. The van der Waals surface area contributed by atoms with Crippen LogP contribution in [-0.4, -0.2) is 108 Å². The molecule has 4 rings (SSSR count). The summed E-state index contributed by atoms with van der Waals surface area (Å²) in [5.74, 6) is -1.95. The highest BCUT2D eigenvalue weighted by molar-refractivity contribution is 7.89. The SMILES string of the molecule is COCCN(CCOC)S(=O)(=O)c1ccc(C(=O)N(CCCN2CCOCC2)c2nc3c(F)cc(F)cc3s2)cc1. The van der Waals surface area contributed by atoms with E-state index >= 15 is 0 Å². The first-order valence-corrected chi connectivity index (χ1v) is 15.5. The quantitative estimate of drug-likeness (QED) is 0.274. The summed E-state index contributed by atoms with van der Waals surface area (Å²) in [4.78, 5) is 21.8. The Hall–Kier alpha value is -2.59. The van der Waals surface area contributed by atoms with Gasteiger partial charge < -0.3 is 14.2 Å². The number of rotatable bonds is 14. The number of hydrogen-bond donors (Lipinski definition) is 0. The Balaban J connectivity index is 1.58. The Bertz CT molecular complexity index is 1410. The standard InChI is InChI=1S/C27H34F2N4O6S2/c1-37-14-12-32(13-15-38-2)41(35,36)22-6-4-20(5-7-22)26(34)33(9-3-8-31-10-16-39-17-11-31)27-30-25-23(29)18-21(28)19-24(25)40-27/h4-7,18-19H,3,8-17H2,1-2H3. The summed E-state index contributed by atoms with van der Waals surface area (Å²) in [5, 5.41) is 0.235. The maximum absolute atomic E-state index is 14.4. The Labute approximate surface area is 242 Å². The molecule has 1 amide bonds. The molecule has 0 saturated carbocycles. The van der Waals surface area contributed by atoms with E-state index < -0.39 is 27.6 Å². The van der Waals surface area contributed by atoms with Crippen molar-refractivity contribution in [2.45, 2.75) is 11.3 Å². The third kappa shape index (κ3) is 7.83. The lowest BCUT2D eigenvalue weighted by Crippen LogP contribution is -2.39. The van der Waals surface area contributed by atoms with Gasteiger partial charge in [0.05, 0.1) is 36.0 Å². The number of anilines is 1. The number of carbonyl (C=O) groups is 1. The van der Waals surface area contributed by atoms with Crippen LogP contribution in [-0.2, 0) is 24.2 Å². The van der Waals surface area contributed by atoms with Crippen LogP contribution in [0.15, 0.2) is 41.3 Å². The van der Waals surface area contributed by atoms with E-state index in [0.29, 0.717) is 19.6 Å². The molecule has 3 aromatic rings. The summed E-state index contributed by atoms with van der Waals surface area (Å²) in [7, 11) is -0.887. The molecule has 0 N–H and O–H groups in total. The van der Waals surface area contributed by atoms with Crippen LogP contribution in [0.25, 0.3) is 10.2 Å². The normalized spacial score (nSPS) is 14.7. The number of aromatic nitrogens is 1. The molecule has 2 heterocycles. The van der Waals surface area contributed by atoms with E-state index in [1.165, 1.54) is 53.8 Å². The third-order valence-corrected chi connectivity index (χ3v) is 9.60. The first kappa shape index (κ1) is 31.3. The number of nitrogens with zero attached hydrogens (tertiary/aromatic N) is 4. The third-order valence-electron chi connectivity index (χ3n) is 6.67. The highest BCUT2D eigenvalue weighted by Gasteiger charge is 2.26. The minimum atomic E-state index is -3.87. The molecule has 14 heteroatoms. The number of thiazole rings is 1. The number of benzene rings is 2. The number of sulfonamides is 1. The van der Waals surface area contributed by atoms with Gasteiger partial charge in [-0.3, -0.25) is 14.6 Å². The number of ether oxygens (including phenoxy) is 3. The van der Waals surface area contributed by atoms with Crippen LogP contribution in [0.3, 0.4) is 0 Å². The molecule has 1 aliphatic rings. The van der Waals surface area contributed by atoms with Gasteiger partial charge in [-0.1, -0.05) is 11.3 Å². The average molecular weight is 613 g/mol. The molecule has 1 fully saturated rings. The largest absolute Gasteiger partial charge is 0.383 e. The van der Waals surface area contributed by atoms with Crippen molar-refractivity contribution >= 4 is 42.6 Å². The molecule has 0 atom stereocenters. The summed E-state index contributed by atoms with van der Waals surface area (Å²) in [6.07, 6.45) is 0.610. The van der Waals surface area contributed by atoms with E-state index in [2.05, 4.69) is 9.88 Å². The number of carbonyl (C=O) groups excluding carboxylic acids is 1. The minimum Gasteiger partial charge on any atom is -0.383 e. The molecule has 41 heavy (non-hydrogen) atoms. The van der Waals surface area contributed by atoms with Crippen molar-refractivity contribution in [2.75, 3.05) is 84.8 Å². The first-order valence-electron chi connectivity index (χ1n) is 13.2. The van der Waals surface area contributed by atoms with Gasteiger partial charge in [-0.2, -0.15) is 4.31 Å². The molecule has 0 radical (unpaired) electrons. The highest BCUT2D eigenvalue weighted by Crippen LogP contribution is 2.32. The van der Waals surface area contributed by atoms with Crippen molar-refractivity contribution in [3.8, 4) is 0 Å². The van der Waals surface area contributed by atoms with Crippen molar-refractivity contribution in [1.82, 2.24) is 14.2 Å². The second kappa shape index (κ2) is 14.5. The monoisotopic (exact) mass is 612 g/mol. The Morgan fingerprint density at radius 3 is 2.34 bits per heavy atom. The zero-order valence-corrected chi connectivity index (χ0v) is 24.7. The van der Waals surface area contributed by atoms with Gasteiger partial charge in [0.1, 0.15) is 11.3 Å². The average Bonchev–Trinajstić information content (AvgIpc) is 3.39. The number of morpholine rings is 1. The van der Waals surface area contributed by atoms with E-state index in [4.69, 9.17) is 14.2 Å². The number of fused-ring (bicyclic) bond motifs is 1. The van der Waals surface area contributed by atoms with Crippen LogP contribution in [0, 0.1) is 11.6 Å². The summed E-state index contributed by atoms with van der Waals surface area (Å²) in [6, 6.07) is 7.61. The van der Waals surface area contributed by atoms with Gasteiger partial charge >= 0.3 is 0 Å². The van der Waals surface area contributed by atoms with Crippen LogP contribution in [0.4, 0.5) is 13.9 Å². The molecule has 1 saturated heterocycles. The van der Waals surface area contributed by atoms with Gasteiger partial charge in [-0.05, 0) is 36.8 Å². The van der Waals surface area contributed by atoms with Crippen LogP contribution in [0.5, 0.6) is 0 Å². The molecule has 0 unspecified atom stereocenters. The Morgan fingerprint density at radius 2 is 1.71 bits per heavy atom. The van der Waals surface area contributed by atoms with Crippen molar-refractivity contribution < 1.29 is 36.2 Å². The van der Waals surface area contributed by atoms with Crippen LogP contribution < -0.4 is 4.90 Å². The van der Waals surface area contributed by atoms with Gasteiger partial charge in [0.2, 0.25) is 10.0 Å². The second-order valence-electron chi connectivity index (χ2n) is 9.41. The molecule has 0 bridgehead atoms. The molecule has 1 aromatic heterocycles. The van der Waals surface area contributed by atoms with Gasteiger partial charge in [-0.15, -0.1) is 0 Å². The molecule has 1 aliphatic heterocycles. The minimum absolute atomic E-state index is 0.00831. The Kier molecular flexibility index (Phi) is 11.1. The second-order valence-corrected chi connectivity index (χ2v) is 12.4. The van der Waals surface area contributed by atoms with E-state index in [1.54, 1.807) is 0 Å². The fourth-order valence-electron chi connectivity index (χ4n) is 4.43. The maximum atomic E-state index is 14.4. The summed E-state index contributed by atoms with van der Waals surface area (Å²) < 4.78 is 71.9. The molecule has 2 aromatic carbocycles. The number of halogens is 2. The molecule has 0 spiro atoms. The van der Waals surface area contributed by atoms with E-state index in [0.717, 1.165) is 37.0 Å². The maximum Gasteiger partial charge on any atom is 0.260 e. The summed E-state index contributed by atoms with van der Waals surface area (Å²) in [6.45, 7) is 4.60. The van der Waals surface area contributed by atoms with Crippen LogP contribution >= 0.6 is 11.3 Å². The van der Waals surface area contributed by atoms with Crippen LogP contribution in [0.1, 0.15) is 16.8 Å².